The normalized spacial score (nSPS) is 24.4. The molecule has 1 aromatic rings. The predicted octanol–water partition coefficient (Wildman–Crippen LogP) is 2.28. The second-order valence-electron chi connectivity index (χ2n) is 5.77. The molecule has 3 rings (SSSR count). The van der Waals surface area contributed by atoms with Crippen LogP contribution in [0, 0.1) is 0 Å². The predicted molar refractivity (Wildman–Crippen MR) is 97.7 cm³/mol. The molecule has 0 spiro atoms. The SMILES string of the molecule is Cl.N[C@@H]1CCCC[C@H]1NC(=O)C1=CN(c2ccncc2)CCS1. The molecule has 1 aliphatic carbocycles. The molecule has 1 aromatic heterocycles. The average Bonchev–Trinajstić information content (AvgIpc) is 2.58. The van der Waals surface area contributed by atoms with E-state index in [4.69, 9.17) is 5.73 Å². The van der Waals surface area contributed by atoms with Crippen molar-refractivity contribution in [2.45, 2.75) is 37.8 Å². The van der Waals surface area contributed by atoms with Crippen molar-refractivity contribution < 1.29 is 4.79 Å². The van der Waals surface area contributed by atoms with Crippen LogP contribution >= 0.6 is 24.2 Å². The van der Waals surface area contributed by atoms with Crippen LogP contribution < -0.4 is 16.0 Å². The Hall–Kier alpha value is -1.24. The standard InChI is InChI=1S/C16H22N4OS.ClH/c17-13-3-1-2-4-14(13)19-16(21)15-11-20(9-10-22-15)12-5-7-18-8-6-12;/h5-8,11,13-14H,1-4,9-10,17H2,(H,19,21);1H/t13-,14-;/m1./s1. The van der Waals surface area contributed by atoms with Gasteiger partial charge < -0.3 is 16.0 Å². The summed E-state index contributed by atoms with van der Waals surface area (Å²) in [5, 5.41) is 3.12. The second kappa shape index (κ2) is 8.57. The Bertz CT molecular complexity index is 554. The molecule has 7 heteroatoms. The van der Waals surface area contributed by atoms with Crippen LogP contribution in [0.1, 0.15) is 25.7 Å². The first-order valence-electron chi connectivity index (χ1n) is 7.82. The molecule has 0 saturated heterocycles. The van der Waals surface area contributed by atoms with E-state index in [2.05, 4.69) is 15.2 Å². The van der Waals surface area contributed by atoms with Gasteiger partial charge in [-0.2, -0.15) is 0 Å². The third-order valence-corrected chi connectivity index (χ3v) is 5.21. The number of halogens is 1. The molecule has 0 bridgehead atoms. The highest BCUT2D eigenvalue weighted by Crippen LogP contribution is 2.26. The molecule has 3 N–H and O–H groups in total. The van der Waals surface area contributed by atoms with Gasteiger partial charge in [-0.1, -0.05) is 12.8 Å². The molecule has 2 atom stereocenters. The highest BCUT2D eigenvalue weighted by atomic mass is 35.5. The van der Waals surface area contributed by atoms with Crippen molar-refractivity contribution in [2.24, 2.45) is 5.73 Å². The quantitative estimate of drug-likeness (QED) is 0.871. The first kappa shape index (κ1) is 18.1. The van der Waals surface area contributed by atoms with E-state index in [9.17, 15) is 4.79 Å². The number of thioether (sulfide) groups is 1. The van der Waals surface area contributed by atoms with Crippen LogP contribution in [-0.4, -0.2) is 35.3 Å². The van der Waals surface area contributed by atoms with E-state index in [-0.39, 0.29) is 30.4 Å². The Kier molecular flexibility index (Phi) is 6.74. The van der Waals surface area contributed by atoms with Crippen molar-refractivity contribution >= 4 is 35.8 Å². The number of carbonyl (C=O) groups excluding carboxylic acids is 1. The lowest BCUT2D eigenvalue weighted by Gasteiger charge is -2.31. The number of nitrogens with two attached hydrogens (primary N) is 1. The number of carbonyl (C=O) groups is 1. The number of amides is 1. The summed E-state index contributed by atoms with van der Waals surface area (Å²) in [6.45, 7) is 0.897. The zero-order valence-electron chi connectivity index (χ0n) is 13.0. The number of hydrogen-bond donors (Lipinski definition) is 2. The Morgan fingerprint density at radius 3 is 2.78 bits per heavy atom. The Balaban J connectivity index is 0.00000192. The zero-order valence-corrected chi connectivity index (χ0v) is 14.6. The van der Waals surface area contributed by atoms with E-state index in [1.165, 1.54) is 6.42 Å². The monoisotopic (exact) mass is 354 g/mol. The first-order chi connectivity index (χ1) is 10.7. The fourth-order valence-corrected chi connectivity index (χ4v) is 3.84. The molecule has 126 valence electrons. The summed E-state index contributed by atoms with van der Waals surface area (Å²) >= 11 is 1.61. The molecule has 23 heavy (non-hydrogen) atoms. The number of hydrogen-bond acceptors (Lipinski definition) is 5. The fourth-order valence-electron chi connectivity index (χ4n) is 2.94. The van der Waals surface area contributed by atoms with Crippen LogP contribution in [-0.2, 0) is 4.79 Å². The maximum atomic E-state index is 12.5. The summed E-state index contributed by atoms with van der Waals surface area (Å²) < 4.78 is 0. The smallest absolute Gasteiger partial charge is 0.259 e. The zero-order chi connectivity index (χ0) is 15.4. The molecule has 1 aliphatic heterocycles. The van der Waals surface area contributed by atoms with Gasteiger partial charge in [0.1, 0.15) is 0 Å². The van der Waals surface area contributed by atoms with E-state index in [0.717, 1.165) is 42.2 Å². The Morgan fingerprint density at radius 2 is 2.04 bits per heavy atom. The van der Waals surface area contributed by atoms with Gasteiger partial charge in [0.2, 0.25) is 0 Å². The molecular formula is C16H23ClN4OS. The molecule has 5 nitrogen and oxygen atoms in total. The molecule has 1 saturated carbocycles. The van der Waals surface area contributed by atoms with Crippen molar-refractivity contribution in [3.8, 4) is 0 Å². The third-order valence-electron chi connectivity index (χ3n) is 4.22. The highest BCUT2D eigenvalue weighted by molar-refractivity contribution is 8.04. The Morgan fingerprint density at radius 1 is 1.30 bits per heavy atom. The van der Waals surface area contributed by atoms with Gasteiger partial charge in [0, 0.05) is 48.7 Å². The summed E-state index contributed by atoms with van der Waals surface area (Å²) in [5.74, 6) is 0.907. The van der Waals surface area contributed by atoms with Crippen LogP contribution in [0.4, 0.5) is 5.69 Å². The van der Waals surface area contributed by atoms with E-state index in [0.29, 0.717) is 0 Å². The summed E-state index contributed by atoms with van der Waals surface area (Å²) in [6.07, 6.45) is 9.78. The van der Waals surface area contributed by atoms with Gasteiger partial charge in [0.15, 0.2) is 0 Å². The van der Waals surface area contributed by atoms with Gasteiger partial charge in [-0.15, -0.1) is 24.2 Å². The van der Waals surface area contributed by atoms with Gasteiger partial charge >= 0.3 is 0 Å². The fraction of sp³-hybridized carbons (Fsp3) is 0.500. The lowest BCUT2D eigenvalue weighted by Crippen LogP contribution is -2.49. The number of aromatic nitrogens is 1. The molecule has 2 heterocycles. The molecule has 1 fully saturated rings. The molecule has 0 unspecified atom stereocenters. The minimum absolute atomic E-state index is 0. The number of anilines is 1. The molecule has 2 aliphatic rings. The van der Waals surface area contributed by atoms with Crippen molar-refractivity contribution in [2.75, 3.05) is 17.2 Å². The minimum atomic E-state index is 0. The van der Waals surface area contributed by atoms with Gasteiger partial charge in [-0.05, 0) is 25.0 Å². The van der Waals surface area contributed by atoms with Gasteiger partial charge in [0.25, 0.3) is 5.91 Å². The van der Waals surface area contributed by atoms with E-state index in [1.54, 1.807) is 24.2 Å². The Labute approximate surface area is 147 Å². The lowest BCUT2D eigenvalue weighted by molar-refractivity contribution is -0.117. The summed E-state index contributed by atoms with van der Waals surface area (Å²) in [4.78, 5) is 19.4. The van der Waals surface area contributed by atoms with E-state index >= 15 is 0 Å². The van der Waals surface area contributed by atoms with Gasteiger partial charge in [0.05, 0.1) is 4.91 Å². The maximum Gasteiger partial charge on any atom is 0.259 e. The lowest BCUT2D eigenvalue weighted by atomic mass is 9.91. The van der Waals surface area contributed by atoms with Crippen molar-refractivity contribution in [1.29, 1.82) is 0 Å². The van der Waals surface area contributed by atoms with Crippen molar-refractivity contribution in [1.82, 2.24) is 10.3 Å². The molecule has 0 aromatic carbocycles. The average molecular weight is 355 g/mol. The van der Waals surface area contributed by atoms with Crippen LogP contribution in [0.2, 0.25) is 0 Å². The van der Waals surface area contributed by atoms with Crippen LogP contribution in [0.3, 0.4) is 0 Å². The van der Waals surface area contributed by atoms with E-state index < -0.39 is 0 Å². The second-order valence-corrected chi connectivity index (χ2v) is 6.91. The molecule has 0 radical (unpaired) electrons. The van der Waals surface area contributed by atoms with Gasteiger partial charge in [-0.3, -0.25) is 9.78 Å². The van der Waals surface area contributed by atoms with Crippen LogP contribution in [0.5, 0.6) is 0 Å². The number of nitrogens with one attached hydrogen (secondary N) is 1. The number of pyridine rings is 1. The van der Waals surface area contributed by atoms with Crippen molar-refractivity contribution in [3.05, 3.63) is 35.6 Å². The third kappa shape index (κ3) is 4.62. The molecular weight excluding hydrogens is 332 g/mol. The highest BCUT2D eigenvalue weighted by Gasteiger charge is 2.26. The van der Waals surface area contributed by atoms with Gasteiger partial charge in [-0.25, -0.2) is 0 Å². The number of nitrogens with zero attached hydrogens (tertiary/aromatic N) is 2. The van der Waals surface area contributed by atoms with Crippen LogP contribution in [0.15, 0.2) is 35.6 Å². The summed E-state index contributed by atoms with van der Waals surface area (Å²) in [6, 6.07) is 4.11. The summed E-state index contributed by atoms with van der Waals surface area (Å²) in [5.41, 5.74) is 7.18. The topological polar surface area (TPSA) is 71.2 Å². The first-order valence-corrected chi connectivity index (χ1v) is 8.80. The molecule has 1 amide bonds. The summed E-state index contributed by atoms with van der Waals surface area (Å²) in [7, 11) is 0. The van der Waals surface area contributed by atoms with E-state index in [1.807, 2.05) is 18.3 Å². The minimum Gasteiger partial charge on any atom is -0.347 e. The number of rotatable bonds is 3. The van der Waals surface area contributed by atoms with Crippen LogP contribution in [0.25, 0.3) is 0 Å². The largest absolute Gasteiger partial charge is 0.347 e. The van der Waals surface area contributed by atoms with Crippen molar-refractivity contribution in [3.63, 3.8) is 0 Å². The maximum absolute atomic E-state index is 12.5.